The van der Waals surface area contributed by atoms with E-state index in [4.69, 9.17) is 30.5 Å². The van der Waals surface area contributed by atoms with Gasteiger partial charge in [-0.15, -0.1) is 0 Å². The van der Waals surface area contributed by atoms with Gasteiger partial charge in [0.25, 0.3) is 5.91 Å². The predicted molar refractivity (Wildman–Crippen MR) is 105 cm³/mol. The van der Waals surface area contributed by atoms with Crippen LogP contribution in [-0.2, 0) is 14.3 Å². The van der Waals surface area contributed by atoms with Crippen LogP contribution in [0.3, 0.4) is 0 Å². The Morgan fingerprint density at radius 1 is 1.07 bits per heavy atom. The van der Waals surface area contributed by atoms with Crippen molar-refractivity contribution >= 4 is 29.2 Å². The van der Waals surface area contributed by atoms with Crippen LogP contribution in [0.4, 0.5) is 5.69 Å². The summed E-state index contributed by atoms with van der Waals surface area (Å²) in [7, 11) is 2.92. The first kappa shape index (κ1) is 21.4. The Morgan fingerprint density at radius 3 is 2.32 bits per heavy atom. The van der Waals surface area contributed by atoms with Crippen LogP contribution in [0.15, 0.2) is 36.4 Å². The zero-order chi connectivity index (χ0) is 20.7. The average Bonchev–Trinajstić information content (AvgIpc) is 2.68. The van der Waals surface area contributed by atoms with E-state index in [9.17, 15) is 9.59 Å². The number of amides is 1. The van der Waals surface area contributed by atoms with Gasteiger partial charge in [-0.1, -0.05) is 29.3 Å². The molecule has 2 rings (SSSR count). The Kier molecular flexibility index (Phi) is 7.52. The maximum Gasteiger partial charge on any atom is 0.347 e. The molecular formula is C20H22ClNO6. The zero-order valence-electron chi connectivity index (χ0n) is 16.1. The minimum absolute atomic E-state index is 0.302. The molecule has 0 aromatic heterocycles. The second kappa shape index (κ2) is 9.85. The number of halogens is 1. The van der Waals surface area contributed by atoms with E-state index in [0.29, 0.717) is 28.0 Å². The van der Waals surface area contributed by atoms with Crippen LogP contribution in [0.5, 0.6) is 17.2 Å². The van der Waals surface area contributed by atoms with Crippen LogP contribution < -0.4 is 19.5 Å². The average molecular weight is 408 g/mol. The lowest BCUT2D eigenvalue weighted by Gasteiger charge is -2.15. The standard InChI is InChI=1S/C20H22ClNO6/c1-12-5-7-14(8-6-12)28-13(2)20(24)27-11-19(23)22-16-9-15(21)17(25-3)10-18(16)26-4/h5-10,13H,11H2,1-4H3,(H,22,23)/t13-/m0/s1. The minimum atomic E-state index is -0.861. The maximum absolute atomic E-state index is 12.1. The van der Waals surface area contributed by atoms with Crippen molar-refractivity contribution in [3.8, 4) is 17.2 Å². The molecule has 0 aliphatic rings. The van der Waals surface area contributed by atoms with Crippen molar-refractivity contribution < 1.29 is 28.5 Å². The molecule has 150 valence electrons. The second-order valence-electron chi connectivity index (χ2n) is 5.92. The molecule has 0 unspecified atom stereocenters. The van der Waals surface area contributed by atoms with Gasteiger partial charge in [-0.2, -0.15) is 0 Å². The summed E-state index contributed by atoms with van der Waals surface area (Å²) in [5.41, 5.74) is 1.41. The normalized spacial score (nSPS) is 11.3. The van der Waals surface area contributed by atoms with Crippen LogP contribution in [0, 0.1) is 6.92 Å². The first-order chi connectivity index (χ1) is 13.3. The molecule has 1 N–H and O–H groups in total. The number of rotatable bonds is 8. The van der Waals surface area contributed by atoms with Crippen LogP contribution in [0.25, 0.3) is 0 Å². The number of aryl methyl sites for hydroxylation is 1. The van der Waals surface area contributed by atoms with Gasteiger partial charge >= 0.3 is 5.97 Å². The summed E-state index contributed by atoms with van der Waals surface area (Å²) >= 11 is 6.06. The molecule has 1 amide bonds. The molecule has 8 heteroatoms. The number of methoxy groups -OCH3 is 2. The number of benzene rings is 2. The molecular weight excluding hydrogens is 386 g/mol. The summed E-state index contributed by atoms with van der Waals surface area (Å²) in [4.78, 5) is 24.2. The van der Waals surface area contributed by atoms with E-state index in [1.165, 1.54) is 20.3 Å². The van der Waals surface area contributed by atoms with Gasteiger partial charge in [-0.3, -0.25) is 4.79 Å². The van der Waals surface area contributed by atoms with E-state index in [-0.39, 0.29) is 0 Å². The highest BCUT2D eigenvalue weighted by Crippen LogP contribution is 2.35. The number of hydrogen-bond donors (Lipinski definition) is 1. The Labute approximate surface area is 168 Å². The fourth-order valence-corrected chi connectivity index (χ4v) is 2.51. The van der Waals surface area contributed by atoms with Crippen LogP contribution in [-0.4, -0.2) is 38.8 Å². The summed E-state index contributed by atoms with van der Waals surface area (Å²) in [5, 5.41) is 2.88. The molecule has 0 aliphatic carbocycles. The number of hydrogen-bond acceptors (Lipinski definition) is 6. The van der Waals surface area contributed by atoms with Crippen molar-refractivity contribution in [2.24, 2.45) is 0 Å². The van der Waals surface area contributed by atoms with E-state index >= 15 is 0 Å². The molecule has 0 saturated heterocycles. The molecule has 2 aromatic carbocycles. The molecule has 2 aromatic rings. The minimum Gasteiger partial charge on any atom is -0.495 e. The molecule has 0 saturated carbocycles. The van der Waals surface area contributed by atoms with E-state index in [2.05, 4.69) is 5.32 Å². The van der Waals surface area contributed by atoms with Crippen molar-refractivity contribution in [1.82, 2.24) is 0 Å². The van der Waals surface area contributed by atoms with Gasteiger partial charge in [0.05, 0.1) is 24.9 Å². The Balaban J connectivity index is 1.90. The van der Waals surface area contributed by atoms with Gasteiger partial charge in [0.1, 0.15) is 17.2 Å². The molecule has 0 bridgehead atoms. The largest absolute Gasteiger partial charge is 0.495 e. The fraction of sp³-hybridized carbons (Fsp3) is 0.300. The third-order valence-corrected chi connectivity index (χ3v) is 4.05. The summed E-state index contributed by atoms with van der Waals surface area (Å²) in [6, 6.07) is 10.3. The molecule has 1 atom stereocenters. The van der Waals surface area contributed by atoms with Crippen molar-refractivity contribution in [3.05, 3.63) is 47.0 Å². The van der Waals surface area contributed by atoms with Crippen molar-refractivity contribution in [2.45, 2.75) is 20.0 Å². The summed E-state index contributed by atoms with van der Waals surface area (Å²) < 4.78 is 20.8. The van der Waals surface area contributed by atoms with Gasteiger partial charge in [-0.25, -0.2) is 4.79 Å². The predicted octanol–water partition coefficient (Wildman–Crippen LogP) is 3.61. The van der Waals surface area contributed by atoms with E-state index in [1.54, 1.807) is 25.1 Å². The number of esters is 1. The number of carbonyl (C=O) groups excluding carboxylic acids is 2. The molecule has 0 aliphatic heterocycles. The highest BCUT2D eigenvalue weighted by Gasteiger charge is 2.19. The lowest BCUT2D eigenvalue weighted by atomic mass is 10.2. The Morgan fingerprint density at radius 2 is 1.71 bits per heavy atom. The first-order valence-corrected chi connectivity index (χ1v) is 8.83. The zero-order valence-corrected chi connectivity index (χ0v) is 16.8. The van der Waals surface area contributed by atoms with Crippen LogP contribution >= 0.6 is 11.6 Å². The molecule has 28 heavy (non-hydrogen) atoms. The molecule has 7 nitrogen and oxygen atoms in total. The summed E-state index contributed by atoms with van der Waals surface area (Å²) in [5.74, 6) is 0.102. The summed E-state index contributed by atoms with van der Waals surface area (Å²) in [6.07, 6.45) is -0.861. The van der Waals surface area contributed by atoms with Gasteiger partial charge in [0, 0.05) is 6.07 Å². The van der Waals surface area contributed by atoms with Crippen LogP contribution in [0.1, 0.15) is 12.5 Å². The van der Waals surface area contributed by atoms with Gasteiger partial charge in [0.15, 0.2) is 12.7 Å². The number of carbonyl (C=O) groups is 2. The molecule has 0 heterocycles. The van der Waals surface area contributed by atoms with Gasteiger partial charge in [-0.05, 0) is 32.0 Å². The van der Waals surface area contributed by atoms with Gasteiger partial charge < -0.3 is 24.3 Å². The highest BCUT2D eigenvalue weighted by molar-refractivity contribution is 6.32. The third kappa shape index (κ3) is 5.79. The Hall–Kier alpha value is -2.93. The molecule has 0 fully saturated rings. The van der Waals surface area contributed by atoms with Crippen molar-refractivity contribution in [3.63, 3.8) is 0 Å². The molecule has 0 radical (unpaired) electrons. The topological polar surface area (TPSA) is 83.1 Å². The second-order valence-corrected chi connectivity index (χ2v) is 6.32. The Bertz CT molecular complexity index is 837. The number of nitrogens with one attached hydrogen (secondary N) is 1. The van der Waals surface area contributed by atoms with E-state index in [0.717, 1.165) is 5.56 Å². The smallest absolute Gasteiger partial charge is 0.347 e. The SMILES string of the molecule is COc1cc(OC)c(NC(=O)COC(=O)[C@H](C)Oc2ccc(C)cc2)cc1Cl. The third-order valence-electron chi connectivity index (χ3n) is 3.76. The highest BCUT2D eigenvalue weighted by atomic mass is 35.5. The first-order valence-electron chi connectivity index (χ1n) is 8.45. The fourth-order valence-electron chi connectivity index (χ4n) is 2.27. The van der Waals surface area contributed by atoms with E-state index in [1.807, 2.05) is 19.1 Å². The van der Waals surface area contributed by atoms with Crippen LogP contribution in [0.2, 0.25) is 5.02 Å². The monoisotopic (exact) mass is 407 g/mol. The quantitative estimate of drug-likeness (QED) is 0.673. The lowest BCUT2D eigenvalue weighted by Crippen LogP contribution is -2.29. The van der Waals surface area contributed by atoms with E-state index < -0.39 is 24.6 Å². The maximum atomic E-state index is 12.1. The molecule has 0 spiro atoms. The number of ether oxygens (including phenoxy) is 4. The summed E-state index contributed by atoms with van der Waals surface area (Å²) in [6.45, 7) is 3.02. The number of anilines is 1. The lowest BCUT2D eigenvalue weighted by molar-refractivity contribution is -0.153. The van der Waals surface area contributed by atoms with Gasteiger partial charge in [0.2, 0.25) is 0 Å². The van der Waals surface area contributed by atoms with Crippen molar-refractivity contribution in [1.29, 1.82) is 0 Å². The van der Waals surface area contributed by atoms with Crippen molar-refractivity contribution in [2.75, 3.05) is 26.1 Å².